The number of aryl methyl sites for hydroxylation is 1. The maximum Gasteiger partial charge on any atom is 0.252 e. The predicted molar refractivity (Wildman–Crippen MR) is 114 cm³/mol. The molecule has 3 aromatic rings. The van der Waals surface area contributed by atoms with Crippen LogP contribution in [0.4, 0.5) is 5.82 Å². The molecule has 2 aromatic heterocycles. The average Bonchev–Trinajstić information content (AvgIpc) is 3.29. The van der Waals surface area contributed by atoms with Gasteiger partial charge in [0.15, 0.2) is 6.04 Å². The number of pyridine rings is 1. The van der Waals surface area contributed by atoms with E-state index in [1.54, 1.807) is 17.1 Å². The van der Waals surface area contributed by atoms with Crippen molar-refractivity contribution in [2.24, 2.45) is 5.92 Å². The number of hydrogen-bond acceptors (Lipinski definition) is 4. The molecule has 3 heterocycles. The molecule has 1 aliphatic heterocycles. The van der Waals surface area contributed by atoms with E-state index in [1.165, 1.54) is 0 Å². The monoisotopic (exact) mass is 403 g/mol. The summed E-state index contributed by atoms with van der Waals surface area (Å²) in [7, 11) is 0. The van der Waals surface area contributed by atoms with Gasteiger partial charge in [-0.05, 0) is 49.1 Å². The van der Waals surface area contributed by atoms with Gasteiger partial charge in [0.25, 0.3) is 5.91 Å². The highest BCUT2D eigenvalue weighted by Gasteiger charge is 2.32. The summed E-state index contributed by atoms with van der Waals surface area (Å²) in [5, 5.41) is 7.20. The van der Waals surface area contributed by atoms with Crippen molar-refractivity contribution in [3.05, 3.63) is 78.2 Å². The second kappa shape index (κ2) is 8.90. The molecule has 1 aromatic carbocycles. The van der Waals surface area contributed by atoms with Crippen LogP contribution in [0.25, 0.3) is 0 Å². The van der Waals surface area contributed by atoms with E-state index < -0.39 is 6.04 Å². The molecule has 1 unspecified atom stereocenters. The number of anilines is 1. The van der Waals surface area contributed by atoms with E-state index in [0.717, 1.165) is 11.1 Å². The quantitative estimate of drug-likeness (QED) is 0.710. The number of amides is 2. The fraction of sp³-hybridized carbons (Fsp3) is 0.304. The molecule has 1 saturated heterocycles. The lowest BCUT2D eigenvalue weighted by molar-refractivity contribution is -0.136. The molecule has 154 valence electrons. The zero-order chi connectivity index (χ0) is 20.9. The van der Waals surface area contributed by atoms with Gasteiger partial charge >= 0.3 is 0 Å². The topological polar surface area (TPSA) is 80.1 Å². The molecule has 0 radical (unpaired) electrons. The van der Waals surface area contributed by atoms with Gasteiger partial charge in [-0.1, -0.05) is 30.3 Å². The van der Waals surface area contributed by atoms with Crippen molar-refractivity contribution in [1.29, 1.82) is 0 Å². The summed E-state index contributed by atoms with van der Waals surface area (Å²) in [5.41, 5.74) is 1.95. The third-order valence-electron chi connectivity index (χ3n) is 5.48. The van der Waals surface area contributed by atoms with Crippen LogP contribution in [0.3, 0.4) is 0 Å². The Morgan fingerprint density at radius 2 is 1.83 bits per heavy atom. The second-order valence-corrected chi connectivity index (χ2v) is 7.61. The van der Waals surface area contributed by atoms with E-state index in [2.05, 4.69) is 15.4 Å². The Hall–Kier alpha value is -3.48. The van der Waals surface area contributed by atoms with Gasteiger partial charge in [0.2, 0.25) is 5.91 Å². The van der Waals surface area contributed by atoms with Crippen LogP contribution in [0, 0.1) is 12.8 Å². The second-order valence-electron chi connectivity index (χ2n) is 7.61. The smallest absolute Gasteiger partial charge is 0.252 e. The summed E-state index contributed by atoms with van der Waals surface area (Å²) in [6.45, 7) is 3.05. The number of likely N-dealkylation sites (tertiary alicyclic amines) is 1. The van der Waals surface area contributed by atoms with Crippen molar-refractivity contribution >= 4 is 17.6 Å². The molecule has 1 aliphatic rings. The van der Waals surface area contributed by atoms with E-state index >= 15 is 0 Å². The summed E-state index contributed by atoms with van der Waals surface area (Å²) < 4.78 is 1.69. The Labute approximate surface area is 175 Å². The minimum absolute atomic E-state index is 0.00380. The maximum absolute atomic E-state index is 13.4. The molecule has 0 aliphatic carbocycles. The van der Waals surface area contributed by atoms with Gasteiger partial charge in [-0.2, -0.15) is 5.10 Å². The Morgan fingerprint density at radius 3 is 2.50 bits per heavy atom. The molecule has 30 heavy (non-hydrogen) atoms. The summed E-state index contributed by atoms with van der Waals surface area (Å²) >= 11 is 0. The number of piperidine rings is 1. The summed E-state index contributed by atoms with van der Waals surface area (Å²) in [6.07, 6.45) is 6.43. The lowest BCUT2D eigenvalue weighted by Crippen LogP contribution is -2.44. The zero-order valence-electron chi connectivity index (χ0n) is 16.9. The molecular weight excluding hydrogens is 378 g/mol. The molecule has 4 rings (SSSR count). The van der Waals surface area contributed by atoms with Crippen LogP contribution >= 0.6 is 0 Å². The number of rotatable bonds is 5. The SMILES string of the molecule is Cc1ccnc(NC(=O)C2CCN(C(=O)C(c3ccccc3)n3cccn3)CC2)c1. The third kappa shape index (κ3) is 4.40. The van der Waals surface area contributed by atoms with Gasteiger partial charge in [-0.15, -0.1) is 0 Å². The molecule has 1 atom stereocenters. The van der Waals surface area contributed by atoms with E-state index in [9.17, 15) is 9.59 Å². The van der Waals surface area contributed by atoms with Crippen LogP contribution < -0.4 is 5.32 Å². The van der Waals surface area contributed by atoms with Gasteiger partial charge in [0.1, 0.15) is 5.82 Å². The van der Waals surface area contributed by atoms with E-state index in [-0.39, 0.29) is 17.7 Å². The number of carbonyl (C=O) groups excluding carboxylic acids is 2. The minimum Gasteiger partial charge on any atom is -0.340 e. The van der Waals surface area contributed by atoms with Crippen LogP contribution in [0.5, 0.6) is 0 Å². The summed E-state index contributed by atoms with van der Waals surface area (Å²) in [4.78, 5) is 32.0. The van der Waals surface area contributed by atoms with Crippen LogP contribution in [-0.2, 0) is 9.59 Å². The molecule has 0 bridgehead atoms. The first kappa shape index (κ1) is 19.8. The van der Waals surface area contributed by atoms with Crippen molar-refractivity contribution in [2.75, 3.05) is 18.4 Å². The lowest BCUT2D eigenvalue weighted by Gasteiger charge is -2.33. The van der Waals surface area contributed by atoms with Gasteiger partial charge in [0.05, 0.1) is 0 Å². The number of nitrogens with zero attached hydrogens (tertiary/aromatic N) is 4. The Morgan fingerprint density at radius 1 is 1.07 bits per heavy atom. The fourth-order valence-electron chi connectivity index (χ4n) is 3.84. The molecule has 0 spiro atoms. The standard InChI is InChI=1S/C23H25N5O2/c1-17-8-12-24-20(16-17)26-22(29)19-9-14-27(15-10-19)23(30)21(28-13-5-11-25-28)18-6-3-2-4-7-18/h2-8,11-13,16,19,21H,9-10,14-15H2,1H3,(H,24,26,29). The van der Waals surface area contributed by atoms with Crippen molar-refractivity contribution in [1.82, 2.24) is 19.7 Å². The molecule has 1 fully saturated rings. The minimum atomic E-state index is -0.497. The van der Waals surface area contributed by atoms with Gasteiger partial charge in [-0.25, -0.2) is 4.98 Å². The van der Waals surface area contributed by atoms with Crippen LogP contribution in [0.2, 0.25) is 0 Å². The molecule has 1 N–H and O–H groups in total. The van der Waals surface area contributed by atoms with Gasteiger partial charge in [-0.3, -0.25) is 14.3 Å². The first-order chi connectivity index (χ1) is 14.6. The first-order valence-electron chi connectivity index (χ1n) is 10.2. The van der Waals surface area contributed by atoms with E-state index in [4.69, 9.17) is 0 Å². The Balaban J connectivity index is 1.41. The largest absolute Gasteiger partial charge is 0.340 e. The van der Waals surface area contributed by atoms with Crippen LogP contribution in [0.15, 0.2) is 67.1 Å². The molecule has 2 amide bonds. The van der Waals surface area contributed by atoms with Gasteiger partial charge in [0, 0.05) is 37.6 Å². The highest BCUT2D eigenvalue weighted by molar-refractivity contribution is 5.92. The van der Waals surface area contributed by atoms with Crippen molar-refractivity contribution in [3.8, 4) is 0 Å². The Kier molecular flexibility index (Phi) is 5.88. The highest BCUT2D eigenvalue weighted by Crippen LogP contribution is 2.25. The van der Waals surface area contributed by atoms with Crippen LogP contribution in [0.1, 0.15) is 30.0 Å². The zero-order valence-corrected chi connectivity index (χ0v) is 16.9. The Bertz CT molecular complexity index is 995. The van der Waals surface area contributed by atoms with E-state index in [0.29, 0.717) is 31.7 Å². The third-order valence-corrected chi connectivity index (χ3v) is 5.48. The lowest BCUT2D eigenvalue weighted by atomic mass is 9.94. The fourth-order valence-corrected chi connectivity index (χ4v) is 3.84. The molecule has 0 saturated carbocycles. The maximum atomic E-state index is 13.4. The number of hydrogen-bond donors (Lipinski definition) is 1. The normalized spacial score (nSPS) is 15.6. The summed E-state index contributed by atoms with van der Waals surface area (Å²) in [6, 6.07) is 14.7. The van der Waals surface area contributed by atoms with Crippen LogP contribution in [-0.4, -0.2) is 44.6 Å². The number of nitrogens with one attached hydrogen (secondary N) is 1. The van der Waals surface area contributed by atoms with Gasteiger partial charge < -0.3 is 10.2 Å². The number of carbonyl (C=O) groups is 2. The molecular formula is C23H25N5O2. The first-order valence-corrected chi connectivity index (χ1v) is 10.2. The number of benzene rings is 1. The molecule has 7 nitrogen and oxygen atoms in total. The molecule has 7 heteroatoms. The predicted octanol–water partition coefficient (Wildman–Crippen LogP) is 3.05. The average molecular weight is 403 g/mol. The number of aromatic nitrogens is 3. The van der Waals surface area contributed by atoms with Crippen molar-refractivity contribution < 1.29 is 9.59 Å². The highest BCUT2D eigenvalue weighted by atomic mass is 16.2. The summed E-state index contributed by atoms with van der Waals surface area (Å²) in [5.74, 6) is 0.411. The van der Waals surface area contributed by atoms with E-state index in [1.807, 2.05) is 66.6 Å². The van der Waals surface area contributed by atoms with Crippen molar-refractivity contribution in [2.45, 2.75) is 25.8 Å². The van der Waals surface area contributed by atoms with Crippen molar-refractivity contribution in [3.63, 3.8) is 0 Å².